The van der Waals surface area contributed by atoms with E-state index in [0.29, 0.717) is 37.8 Å². The summed E-state index contributed by atoms with van der Waals surface area (Å²) >= 11 is 0. The molecule has 0 saturated carbocycles. The van der Waals surface area contributed by atoms with Gasteiger partial charge in [-0.2, -0.15) is 0 Å². The minimum absolute atomic E-state index is 0.113. The summed E-state index contributed by atoms with van der Waals surface area (Å²) in [4.78, 5) is 47.1. The average Bonchev–Trinajstić information content (AvgIpc) is 3.51. The highest BCUT2D eigenvalue weighted by molar-refractivity contribution is 6.95. The molecule has 5 rings (SSSR count). The standard InChI is InChI=1S/C29H54O16Si9/c1-46-36-50(5,19-13-15-23-21-26(30)34-28(23)32)37-47(2)41-53(8,40-46)44-52(7,25-17-11-10-12-18-25)45-54(9)42-48(3)38-51(6,39-49(4)43-54)20-14-16-24-22-27(31)35-29(24)33/h10-12,17-18,23-24,46-49H,13-16,19-22H2,1-9H3. The first-order valence-corrected chi connectivity index (χ1v) is 38.8. The number of benzene rings is 1. The SMILES string of the molecule is C[SiH]1O[Si](C)(CCCC2CC(=O)OC2=O)O[SiH](C)O[Si](C)(O[Si](C)(O[Si]2(C)O[SiH](C)O[Si](C)(CCCC3CC(=O)OC3=O)O[SiH](C)O2)c2ccccc2)O1. The molecule has 0 N–H and O–H groups in total. The van der Waals surface area contributed by atoms with Crippen molar-refractivity contribution < 1.29 is 69.8 Å². The Hall–Kier alpha value is -0.948. The minimum Gasteiger partial charge on any atom is -0.418 e. The third-order valence-electron chi connectivity index (χ3n) is 9.53. The summed E-state index contributed by atoms with van der Waals surface area (Å²) in [6.07, 6.45) is 2.57. The number of carbonyl (C=O) groups excluding carboxylic acids is 4. The summed E-state index contributed by atoms with van der Waals surface area (Å²) in [5.74, 6) is -2.72. The normalized spacial score (nSPS) is 39.2. The maximum atomic E-state index is 12.0. The molecule has 302 valence electrons. The van der Waals surface area contributed by atoms with Gasteiger partial charge >= 0.3 is 104 Å². The van der Waals surface area contributed by atoms with Crippen LogP contribution in [0.15, 0.2) is 30.3 Å². The lowest BCUT2D eigenvalue weighted by atomic mass is 10.0. The Morgan fingerprint density at radius 1 is 0.611 bits per heavy atom. The molecular weight excluding hydrogens is 857 g/mol. The molecule has 1 aromatic carbocycles. The number of hydrogen-bond acceptors (Lipinski definition) is 16. The molecule has 16 nitrogen and oxygen atoms in total. The van der Waals surface area contributed by atoms with Crippen LogP contribution < -0.4 is 5.19 Å². The van der Waals surface area contributed by atoms with E-state index in [1.807, 2.05) is 89.3 Å². The monoisotopic (exact) mass is 910 g/mol. The molecule has 4 aliphatic heterocycles. The Kier molecular flexibility index (Phi) is 14.6. The molecule has 6 atom stereocenters. The van der Waals surface area contributed by atoms with Gasteiger partial charge in [0.15, 0.2) is 0 Å². The van der Waals surface area contributed by atoms with Gasteiger partial charge in [0.1, 0.15) is 0 Å². The fraction of sp³-hybridized carbons (Fsp3) is 0.655. The van der Waals surface area contributed by atoms with Crippen molar-refractivity contribution in [3.8, 4) is 0 Å². The molecule has 0 spiro atoms. The van der Waals surface area contributed by atoms with Crippen molar-refractivity contribution in [2.24, 2.45) is 11.8 Å². The molecule has 1 aromatic rings. The molecule has 4 aliphatic rings. The zero-order valence-corrected chi connectivity index (χ0v) is 42.2. The van der Waals surface area contributed by atoms with Gasteiger partial charge in [-0.1, -0.05) is 43.2 Å². The number of carbonyl (C=O) groups is 4. The second kappa shape index (κ2) is 17.9. The quantitative estimate of drug-likeness (QED) is 0.160. The Morgan fingerprint density at radius 2 is 0.963 bits per heavy atom. The average molecular weight is 912 g/mol. The molecule has 54 heavy (non-hydrogen) atoms. The molecule has 6 unspecified atom stereocenters. The lowest BCUT2D eigenvalue weighted by molar-refractivity contribution is -0.155. The van der Waals surface area contributed by atoms with Crippen LogP contribution in [0.3, 0.4) is 0 Å². The van der Waals surface area contributed by atoms with Crippen molar-refractivity contribution in [1.82, 2.24) is 0 Å². The first-order valence-electron chi connectivity index (χ1n) is 18.6. The van der Waals surface area contributed by atoms with E-state index in [9.17, 15) is 19.2 Å². The zero-order valence-electron chi connectivity index (χ0n) is 32.5. The fourth-order valence-electron chi connectivity index (χ4n) is 7.56. The lowest BCUT2D eigenvalue weighted by Crippen LogP contribution is -2.69. The summed E-state index contributed by atoms with van der Waals surface area (Å²) in [6, 6.07) is 11.0. The largest absolute Gasteiger partial charge is 0.470 e. The second-order valence-corrected chi connectivity index (χ2v) is 40.1. The number of esters is 4. The molecule has 4 heterocycles. The maximum Gasteiger partial charge on any atom is 0.470 e. The summed E-state index contributed by atoms with van der Waals surface area (Å²) in [6.45, 7) is 17.4. The maximum absolute atomic E-state index is 12.0. The summed E-state index contributed by atoms with van der Waals surface area (Å²) in [7, 11) is -25.4. The smallest absolute Gasteiger partial charge is 0.418 e. The van der Waals surface area contributed by atoms with E-state index in [-0.39, 0.29) is 12.8 Å². The van der Waals surface area contributed by atoms with Crippen LogP contribution in [-0.4, -0.2) is 104 Å². The second-order valence-electron chi connectivity index (χ2n) is 14.9. The summed E-state index contributed by atoms with van der Waals surface area (Å²) in [5, 5.41) is 0.846. The topological polar surface area (TPSA) is 179 Å². The van der Waals surface area contributed by atoms with Gasteiger partial charge in [0.2, 0.25) is 0 Å². The van der Waals surface area contributed by atoms with E-state index in [1.165, 1.54) is 0 Å². The van der Waals surface area contributed by atoms with Gasteiger partial charge < -0.3 is 50.6 Å². The minimum atomic E-state index is -3.47. The Labute approximate surface area is 329 Å². The van der Waals surface area contributed by atoms with Gasteiger partial charge in [-0.05, 0) is 75.9 Å². The third kappa shape index (κ3) is 12.0. The highest BCUT2D eigenvalue weighted by Gasteiger charge is 2.57. The Morgan fingerprint density at radius 3 is 1.28 bits per heavy atom. The van der Waals surface area contributed by atoms with Crippen molar-refractivity contribution in [2.45, 2.75) is 110 Å². The number of hydrogen-bond donors (Lipinski definition) is 0. The van der Waals surface area contributed by atoms with Gasteiger partial charge in [-0.25, -0.2) is 0 Å². The summed E-state index contributed by atoms with van der Waals surface area (Å²) < 4.78 is 76.8. The predicted octanol–water partition coefficient (Wildman–Crippen LogP) is 2.58. The van der Waals surface area contributed by atoms with Crippen LogP contribution in [0.4, 0.5) is 0 Å². The van der Waals surface area contributed by atoms with Gasteiger partial charge in [0.05, 0.1) is 24.7 Å². The van der Waals surface area contributed by atoms with E-state index < -0.39 is 116 Å². The molecule has 4 saturated heterocycles. The highest BCUT2D eigenvalue weighted by atomic mass is 28.5. The van der Waals surface area contributed by atoms with Crippen LogP contribution in [0.25, 0.3) is 0 Å². The van der Waals surface area contributed by atoms with Crippen LogP contribution in [0, 0.1) is 11.8 Å². The summed E-state index contributed by atoms with van der Waals surface area (Å²) in [5.41, 5.74) is 0. The van der Waals surface area contributed by atoms with Gasteiger partial charge in [-0.3, -0.25) is 19.2 Å². The van der Waals surface area contributed by atoms with Crippen LogP contribution in [0.5, 0.6) is 0 Å². The number of ether oxygens (including phenoxy) is 2. The molecule has 0 bridgehead atoms. The molecular formula is C29H54O16Si9. The van der Waals surface area contributed by atoms with Crippen molar-refractivity contribution in [3.05, 3.63) is 30.3 Å². The van der Waals surface area contributed by atoms with Crippen molar-refractivity contribution in [1.29, 1.82) is 0 Å². The lowest BCUT2D eigenvalue weighted by Gasteiger charge is -2.46. The fourth-order valence-corrected chi connectivity index (χ4v) is 47.9. The third-order valence-corrected chi connectivity index (χ3v) is 45.0. The highest BCUT2D eigenvalue weighted by Crippen LogP contribution is 2.33. The Balaban J connectivity index is 1.26. The molecule has 0 aromatic heterocycles. The van der Waals surface area contributed by atoms with E-state index in [2.05, 4.69) is 0 Å². The first kappa shape index (κ1) is 44.2. The van der Waals surface area contributed by atoms with Crippen LogP contribution in [0.2, 0.25) is 71.0 Å². The van der Waals surface area contributed by atoms with Gasteiger partial charge in [-0.15, -0.1) is 0 Å². The Bertz CT molecular complexity index is 1410. The predicted molar refractivity (Wildman–Crippen MR) is 214 cm³/mol. The zero-order chi connectivity index (χ0) is 39.5. The van der Waals surface area contributed by atoms with Crippen molar-refractivity contribution in [3.63, 3.8) is 0 Å². The van der Waals surface area contributed by atoms with E-state index in [1.54, 1.807) is 0 Å². The van der Waals surface area contributed by atoms with Crippen molar-refractivity contribution >= 4 is 109 Å². The van der Waals surface area contributed by atoms with Crippen LogP contribution in [0.1, 0.15) is 38.5 Å². The molecule has 0 amide bonds. The number of rotatable bonds is 13. The van der Waals surface area contributed by atoms with Gasteiger partial charge in [0, 0.05) is 13.1 Å². The number of cyclic esters (lactones) is 4. The van der Waals surface area contributed by atoms with E-state index >= 15 is 0 Å². The first-order chi connectivity index (χ1) is 25.2. The molecule has 0 radical (unpaired) electrons. The molecule has 25 heteroatoms. The van der Waals surface area contributed by atoms with Crippen LogP contribution in [-0.2, 0) is 69.8 Å². The van der Waals surface area contributed by atoms with Crippen LogP contribution >= 0.6 is 0 Å². The van der Waals surface area contributed by atoms with Crippen molar-refractivity contribution in [2.75, 3.05) is 0 Å². The molecule has 4 fully saturated rings. The van der Waals surface area contributed by atoms with E-state index in [4.69, 9.17) is 50.6 Å². The van der Waals surface area contributed by atoms with E-state index in [0.717, 1.165) is 5.19 Å². The molecule has 0 aliphatic carbocycles. The van der Waals surface area contributed by atoms with Gasteiger partial charge in [0.25, 0.3) is 0 Å².